The number of halogens is 1. The van der Waals surface area contributed by atoms with Crippen molar-refractivity contribution in [1.82, 2.24) is 5.32 Å². The number of hydrogen-bond donors (Lipinski definition) is 2. The molecule has 1 heterocycles. The van der Waals surface area contributed by atoms with Gasteiger partial charge in [0.15, 0.2) is 29.7 Å². The van der Waals surface area contributed by atoms with E-state index in [1.54, 1.807) is 0 Å². The van der Waals surface area contributed by atoms with Gasteiger partial charge in [-0.25, -0.2) is 0 Å². The van der Waals surface area contributed by atoms with Crippen molar-refractivity contribution < 1.29 is 23.9 Å². The van der Waals surface area contributed by atoms with Crippen LogP contribution in [-0.4, -0.2) is 30.7 Å². The molecule has 42 heavy (non-hydrogen) atoms. The molecule has 8 heteroatoms. The van der Waals surface area contributed by atoms with Gasteiger partial charge in [0.25, 0.3) is 5.91 Å². The van der Waals surface area contributed by atoms with Crippen LogP contribution in [0.3, 0.4) is 0 Å². The topological polar surface area (TPSA) is 93.7 Å². The first kappa shape index (κ1) is 30.3. The fraction of sp³-hybridized carbons (Fsp3) is 0.441. The Bertz CT molecular complexity index is 1480. The lowest BCUT2D eigenvalue weighted by Crippen LogP contribution is -2.42. The average molecular weight is 683 g/mol. The van der Waals surface area contributed by atoms with Gasteiger partial charge in [0.05, 0.1) is 10.2 Å². The first-order valence-electron chi connectivity index (χ1n) is 14.5. The van der Waals surface area contributed by atoms with Gasteiger partial charge >= 0.3 is 0 Å². The summed E-state index contributed by atoms with van der Waals surface area (Å²) in [6.07, 6.45) is 2.34. The maximum atomic E-state index is 13.7. The van der Waals surface area contributed by atoms with Crippen molar-refractivity contribution in [3.05, 3.63) is 73.6 Å². The van der Waals surface area contributed by atoms with Crippen LogP contribution in [0.1, 0.15) is 77.3 Å². The van der Waals surface area contributed by atoms with Gasteiger partial charge in [-0.1, -0.05) is 45.9 Å². The molecule has 0 saturated heterocycles. The molecule has 2 N–H and O–H groups in total. The first-order chi connectivity index (χ1) is 19.8. The predicted molar refractivity (Wildman–Crippen MR) is 172 cm³/mol. The average Bonchev–Trinajstić information content (AvgIpc) is 2.87. The Labute approximate surface area is 261 Å². The number of anilines is 1. The van der Waals surface area contributed by atoms with Gasteiger partial charge in [-0.15, -0.1) is 0 Å². The van der Waals surface area contributed by atoms with E-state index in [9.17, 15) is 14.4 Å². The fourth-order valence-electron chi connectivity index (χ4n) is 6.42. The van der Waals surface area contributed by atoms with Gasteiger partial charge in [0, 0.05) is 47.0 Å². The van der Waals surface area contributed by atoms with E-state index in [1.807, 2.05) is 50.2 Å². The Morgan fingerprint density at radius 2 is 1.55 bits per heavy atom. The van der Waals surface area contributed by atoms with E-state index in [0.29, 0.717) is 42.1 Å². The van der Waals surface area contributed by atoms with E-state index >= 15 is 0 Å². The molecule has 3 aliphatic rings. The third-order valence-electron chi connectivity index (χ3n) is 8.15. The molecule has 0 aromatic heterocycles. The first-order valence-corrected chi connectivity index (χ1v) is 15.6. The third-order valence-corrected chi connectivity index (χ3v) is 8.95. The Hall–Kier alpha value is -3.14. The molecule has 5 rings (SSSR count). The Kier molecular flexibility index (Phi) is 8.31. The molecular weight excluding hydrogens is 643 g/mol. The van der Waals surface area contributed by atoms with E-state index in [0.717, 1.165) is 44.6 Å². The summed E-state index contributed by atoms with van der Waals surface area (Å²) >= 11 is 2.19. The van der Waals surface area contributed by atoms with Crippen molar-refractivity contribution in [3.63, 3.8) is 0 Å². The second-order valence-corrected chi connectivity index (χ2v) is 14.3. The van der Waals surface area contributed by atoms with Crippen LogP contribution in [-0.2, 0) is 14.4 Å². The maximum absolute atomic E-state index is 13.7. The van der Waals surface area contributed by atoms with Gasteiger partial charge in [0.2, 0.25) is 0 Å². The molecule has 0 bridgehead atoms. The van der Waals surface area contributed by atoms with Crippen LogP contribution in [0.15, 0.2) is 58.9 Å². The van der Waals surface area contributed by atoms with E-state index in [2.05, 4.69) is 60.9 Å². The summed E-state index contributed by atoms with van der Waals surface area (Å²) in [5, 5.41) is 6.47. The van der Waals surface area contributed by atoms with Crippen LogP contribution in [0.2, 0.25) is 0 Å². The van der Waals surface area contributed by atoms with Crippen LogP contribution in [0.5, 0.6) is 11.5 Å². The number of ketones is 2. The summed E-state index contributed by atoms with van der Waals surface area (Å²) in [4.78, 5) is 40.2. The van der Waals surface area contributed by atoms with Crippen LogP contribution in [0, 0.1) is 21.3 Å². The highest BCUT2D eigenvalue weighted by Gasteiger charge is 2.46. The number of Topliss-reactive ketones (excluding diaryl/α,β-unsaturated/α-hetero) is 2. The minimum absolute atomic E-state index is 0.0732. The lowest BCUT2D eigenvalue weighted by Gasteiger charge is -2.44. The van der Waals surface area contributed by atoms with Crippen molar-refractivity contribution in [2.24, 2.45) is 10.8 Å². The van der Waals surface area contributed by atoms with Crippen LogP contribution >= 0.6 is 22.6 Å². The highest BCUT2D eigenvalue weighted by Crippen LogP contribution is 2.52. The molecule has 0 fully saturated rings. The zero-order chi connectivity index (χ0) is 30.4. The van der Waals surface area contributed by atoms with E-state index in [1.165, 1.54) is 0 Å². The third kappa shape index (κ3) is 6.14. The minimum Gasteiger partial charge on any atom is -0.490 e. The molecule has 1 amide bonds. The summed E-state index contributed by atoms with van der Waals surface area (Å²) in [7, 11) is 0. The number of nitrogens with one attached hydrogen (secondary N) is 2. The Balaban J connectivity index is 1.53. The monoisotopic (exact) mass is 682 g/mol. The second-order valence-electron chi connectivity index (χ2n) is 13.1. The molecule has 2 aliphatic carbocycles. The molecule has 0 unspecified atom stereocenters. The number of dihydropyridines is 1. The van der Waals surface area contributed by atoms with Crippen molar-refractivity contribution in [3.8, 4) is 11.5 Å². The number of amides is 1. The molecule has 7 nitrogen and oxygen atoms in total. The number of hydrogen-bond acceptors (Lipinski definition) is 6. The number of rotatable bonds is 7. The summed E-state index contributed by atoms with van der Waals surface area (Å²) < 4.78 is 12.8. The standard InChI is InChI=1S/C34H39IN2O5/c1-7-41-27-13-20(12-21(35)32(27)42-18-28(40)37-22-11-9-8-10-19(22)2)29-30-23(14-33(3,4)16-25(30)38)36-24-15-34(5,6)17-26(39)31(24)29/h8-13,29,36H,7,14-18H2,1-6H3,(H,37,40). The second kappa shape index (κ2) is 11.5. The highest BCUT2D eigenvalue weighted by molar-refractivity contribution is 14.1. The van der Waals surface area contributed by atoms with Crippen LogP contribution < -0.4 is 20.1 Å². The zero-order valence-electron chi connectivity index (χ0n) is 25.2. The van der Waals surface area contributed by atoms with Crippen molar-refractivity contribution in [2.45, 2.75) is 73.1 Å². The number of carbonyl (C=O) groups is 3. The number of carbonyl (C=O) groups excluding carboxylic acids is 3. The summed E-state index contributed by atoms with van der Waals surface area (Å²) in [6, 6.07) is 11.4. The van der Waals surface area contributed by atoms with Gasteiger partial charge in [-0.05, 0) is 89.4 Å². The van der Waals surface area contributed by atoms with Crippen LogP contribution in [0.4, 0.5) is 5.69 Å². The zero-order valence-corrected chi connectivity index (χ0v) is 27.4. The number of para-hydroxylation sites is 1. The summed E-state index contributed by atoms with van der Waals surface area (Å²) in [5.41, 5.74) is 5.41. The number of benzene rings is 2. The Morgan fingerprint density at radius 1 is 0.952 bits per heavy atom. The maximum Gasteiger partial charge on any atom is 0.262 e. The van der Waals surface area contributed by atoms with E-state index in [-0.39, 0.29) is 34.9 Å². The van der Waals surface area contributed by atoms with Crippen LogP contribution in [0.25, 0.3) is 0 Å². The molecule has 0 spiro atoms. The smallest absolute Gasteiger partial charge is 0.262 e. The van der Waals surface area contributed by atoms with Gasteiger partial charge in [-0.3, -0.25) is 14.4 Å². The highest BCUT2D eigenvalue weighted by atomic mass is 127. The molecule has 2 aromatic rings. The number of ether oxygens (including phenoxy) is 2. The summed E-state index contributed by atoms with van der Waals surface area (Å²) in [6.45, 7) is 12.5. The van der Waals surface area contributed by atoms with E-state index in [4.69, 9.17) is 9.47 Å². The van der Waals surface area contributed by atoms with Gasteiger partial charge < -0.3 is 20.1 Å². The van der Waals surface area contributed by atoms with Crippen molar-refractivity contribution in [2.75, 3.05) is 18.5 Å². The molecule has 0 saturated carbocycles. The van der Waals surface area contributed by atoms with Gasteiger partial charge in [0.1, 0.15) is 0 Å². The lowest BCUT2D eigenvalue weighted by molar-refractivity contribution is -0.119. The summed E-state index contributed by atoms with van der Waals surface area (Å²) in [5.74, 6) is 0.340. The van der Waals surface area contributed by atoms with Crippen molar-refractivity contribution in [1.29, 1.82) is 0 Å². The number of aryl methyl sites for hydroxylation is 1. The van der Waals surface area contributed by atoms with Gasteiger partial charge in [-0.2, -0.15) is 0 Å². The number of allylic oxidation sites excluding steroid dienone is 4. The quantitative estimate of drug-likeness (QED) is 0.306. The normalized spacial score (nSPS) is 19.6. The predicted octanol–water partition coefficient (Wildman–Crippen LogP) is 6.99. The molecule has 1 aliphatic heterocycles. The lowest BCUT2D eigenvalue weighted by atomic mass is 9.64. The molecule has 2 aromatic carbocycles. The van der Waals surface area contributed by atoms with Crippen molar-refractivity contribution >= 4 is 45.8 Å². The Morgan fingerprint density at radius 3 is 2.12 bits per heavy atom. The SMILES string of the molecule is CCOc1cc(C2C3=C(CC(C)(C)CC3=O)NC3=C2C(=O)CC(C)(C)C3)cc(I)c1OCC(=O)Nc1ccccc1C. The molecule has 0 radical (unpaired) electrons. The van der Waals surface area contributed by atoms with E-state index < -0.39 is 5.92 Å². The minimum atomic E-state index is -0.477. The molecular formula is C34H39IN2O5. The molecule has 222 valence electrons. The fourth-order valence-corrected chi connectivity index (χ4v) is 7.20. The molecule has 0 atom stereocenters. The largest absolute Gasteiger partial charge is 0.490 e.